The molecule has 1 aromatic carbocycles. The second-order valence-corrected chi connectivity index (χ2v) is 5.91. The van der Waals surface area contributed by atoms with Gasteiger partial charge in [-0.15, -0.1) is 0 Å². The van der Waals surface area contributed by atoms with Crippen LogP contribution in [0.3, 0.4) is 0 Å². The Morgan fingerprint density at radius 3 is 2.79 bits per heavy atom. The van der Waals surface area contributed by atoms with Gasteiger partial charge in [-0.25, -0.2) is 0 Å². The van der Waals surface area contributed by atoms with E-state index in [1.54, 1.807) is 7.11 Å². The standard InChI is InChI=1S/C21H24N2O/c1-5-8-16-10-11-19-17(13-16)14-20(23(19)6-2)18-9-7-12-22-21(18)15(3)24-4/h5,7-15H,6H2,1-4H3/b8-5+/t15-/m0/s1. The fraction of sp³-hybridized carbons (Fsp3) is 0.286. The van der Waals surface area contributed by atoms with Gasteiger partial charge in [-0.1, -0.05) is 18.2 Å². The van der Waals surface area contributed by atoms with Gasteiger partial charge in [-0.2, -0.15) is 0 Å². The molecule has 124 valence electrons. The van der Waals surface area contributed by atoms with E-state index >= 15 is 0 Å². The number of hydrogen-bond donors (Lipinski definition) is 0. The lowest BCUT2D eigenvalue weighted by Gasteiger charge is -2.15. The van der Waals surface area contributed by atoms with Crippen molar-refractivity contribution >= 4 is 17.0 Å². The molecule has 0 N–H and O–H groups in total. The van der Waals surface area contributed by atoms with Crippen LogP contribution in [0, 0.1) is 0 Å². The summed E-state index contributed by atoms with van der Waals surface area (Å²) >= 11 is 0. The predicted molar refractivity (Wildman–Crippen MR) is 101 cm³/mol. The second kappa shape index (κ2) is 7.02. The Labute approximate surface area is 143 Å². The number of aromatic nitrogens is 2. The van der Waals surface area contributed by atoms with Crippen LogP contribution in [0.5, 0.6) is 0 Å². The molecule has 0 aliphatic rings. The molecule has 0 amide bonds. The van der Waals surface area contributed by atoms with Crippen LogP contribution in [-0.2, 0) is 11.3 Å². The summed E-state index contributed by atoms with van der Waals surface area (Å²) in [5, 5.41) is 1.25. The first-order valence-corrected chi connectivity index (χ1v) is 8.43. The number of rotatable bonds is 5. The van der Waals surface area contributed by atoms with Gasteiger partial charge in [0.05, 0.1) is 17.5 Å². The summed E-state index contributed by atoms with van der Waals surface area (Å²) in [6, 6.07) is 13.0. The zero-order valence-electron chi connectivity index (χ0n) is 14.8. The summed E-state index contributed by atoms with van der Waals surface area (Å²) in [5.41, 5.74) is 5.78. The van der Waals surface area contributed by atoms with E-state index in [0.29, 0.717) is 0 Å². The molecule has 0 radical (unpaired) electrons. The van der Waals surface area contributed by atoms with Crippen LogP contribution in [0.1, 0.15) is 38.1 Å². The van der Waals surface area contributed by atoms with E-state index in [0.717, 1.165) is 17.8 Å². The van der Waals surface area contributed by atoms with E-state index in [2.05, 4.69) is 59.0 Å². The highest BCUT2D eigenvalue weighted by Gasteiger charge is 2.17. The molecule has 3 nitrogen and oxygen atoms in total. The highest BCUT2D eigenvalue weighted by molar-refractivity contribution is 5.89. The van der Waals surface area contributed by atoms with Gasteiger partial charge in [0.1, 0.15) is 0 Å². The van der Waals surface area contributed by atoms with Crippen molar-refractivity contribution in [3.05, 3.63) is 59.9 Å². The number of hydrogen-bond acceptors (Lipinski definition) is 2. The average Bonchev–Trinajstić information content (AvgIpc) is 2.99. The highest BCUT2D eigenvalue weighted by Crippen LogP contribution is 2.33. The molecule has 0 spiro atoms. The van der Waals surface area contributed by atoms with Crippen molar-refractivity contribution in [2.45, 2.75) is 33.4 Å². The third kappa shape index (κ3) is 2.87. The Balaban J connectivity index is 2.23. The van der Waals surface area contributed by atoms with Crippen molar-refractivity contribution < 1.29 is 4.74 Å². The maximum absolute atomic E-state index is 5.52. The maximum Gasteiger partial charge on any atom is 0.0969 e. The summed E-state index contributed by atoms with van der Waals surface area (Å²) in [4.78, 5) is 4.57. The number of allylic oxidation sites excluding steroid dienone is 1. The molecule has 0 saturated carbocycles. The molecule has 0 aliphatic carbocycles. The Morgan fingerprint density at radius 1 is 1.25 bits per heavy atom. The van der Waals surface area contributed by atoms with Gasteiger partial charge >= 0.3 is 0 Å². The summed E-state index contributed by atoms with van der Waals surface area (Å²) in [6.07, 6.45) is 5.99. The molecule has 0 fully saturated rings. The molecule has 0 aliphatic heterocycles. The monoisotopic (exact) mass is 320 g/mol. The minimum absolute atomic E-state index is 0.0388. The molecule has 3 heteroatoms. The van der Waals surface area contributed by atoms with Crippen molar-refractivity contribution in [3.8, 4) is 11.3 Å². The fourth-order valence-corrected chi connectivity index (χ4v) is 3.22. The van der Waals surface area contributed by atoms with E-state index < -0.39 is 0 Å². The number of pyridine rings is 1. The van der Waals surface area contributed by atoms with Crippen molar-refractivity contribution in [3.63, 3.8) is 0 Å². The average molecular weight is 320 g/mol. The zero-order valence-corrected chi connectivity index (χ0v) is 14.8. The summed E-state index contributed by atoms with van der Waals surface area (Å²) in [7, 11) is 1.72. The van der Waals surface area contributed by atoms with Crippen LogP contribution in [0.15, 0.2) is 48.7 Å². The molecule has 1 atom stereocenters. The third-order valence-electron chi connectivity index (χ3n) is 4.45. The maximum atomic E-state index is 5.52. The number of ether oxygens (including phenoxy) is 1. The van der Waals surface area contributed by atoms with E-state index in [9.17, 15) is 0 Å². The lowest BCUT2D eigenvalue weighted by molar-refractivity contribution is 0.116. The summed E-state index contributed by atoms with van der Waals surface area (Å²) in [6.45, 7) is 7.17. The number of methoxy groups -OCH3 is 1. The predicted octanol–water partition coefficient (Wildman–Crippen LogP) is 5.46. The first-order valence-electron chi connectivity index (χ1n) is 8.43. The topological polar surface area (TPSA) is 27.1 Å². The van der Waals surface area contributed by atoms with Crippen molar-refractivity contribution in [1.82, 2.24) is 9.55 Å². The van der Waals surface area contributed by atoms with Crippen molar-refractivity contribution in [2.75, 3.05) is 7.11 Å². The Bertz CT molecular complexity index is 877. The van der Waals surface area contributed by atoms with E-state index in [-0.39, 0.29) is 6.10 Å². The van der Waals surface area contributed by atoms with Gasteiger partial charge in [-0.05, 0) is 56.7 Å². The number of fused-ring (bicyclic) bond motifs is 1. The van der Waals surface area contributed by atoms with Gasteiger partial charge in [0.15, 0.2) is 0 Å². The first kappa shape index (κ1) is 16.5. The summed E-state index contributed by atoms with van der Waals surface area (Å²) < 4.78 is 7.86. The molecule has 3 aromatic rings. The SMILES string of the molecule is C/C=C/c1ccc2c(c1)cc(-c1cccnc1[C@H](C)OC)n2CC. The van der Waals surface area contributed by atoms with E-state index in [1.807, 2.05) is 26.1 Å². The minimum atomic E-state index is -0.0388. The van der Waals surface area contributed by atoms with Crippen LogP contribution < -0.4 is 0 Å². The lowest BCUT2D eigenvalue weighted by Crippen LogP contribution is -2.04. The summed E-state index contributed by atoms with van der Waals surface area (Å²) in [5.74, 6) is 0. The van der Waals surface area contributed by atoms with Gasteiger partial charge in [-0.3, -0.25) is 4.98 Å². The van der Waals surface area contributed by atoms with Gasteiger partial charge in [0.2, 0.25) is 0 Å². The second-order valence-electron chi connectivity index (χ2n) is 5.91. The number of nitrogens with zero attached hydrogens (tertiary/aromatic N) is 2. The quantitative estimate of drug-likeness (QED) is 0.624. The Morgan fingerprint density at radius 2 is 2.08 bits per heavy atom. The van der Waals surface area contributed by atoms with Gasteiger partial charge in [0, 0.05) is 36.3 Å². The van der Waals surface area contributed by atoms with Crippen LogP contribution in [0.4, 0.5) is 0 Å². The van der Waals surface area contributed by atoms with Crippen molar-refractivity contribution in [1.29, 1.82) is 0 Å². The molecular weight excluding hydrogens is 296 g/mol. The number of benzene rings is 1. The molecule has 24 heavy (non-hydrogen) atoms. The van der Waals surface area contributed by atoms with Crippen LogP contribution >= 0.6 is 0 Å². The van der Waals surface area contributed by atoms with Crippen LogP contribution in [-0.4, -0.2) is 16.7 Å². The fourth-order valence-electron chi connectivity index (χ4n) is 3.22. The molecule has 0 unspecified atom stereocenters. The lowest BCUT2D eigenvalue weighted by atomic mass is 10.1. The highest BCUT2D eigenvalue weighted by atomic mass is 16.5. The van der Waals surface area contributed by atoms with Crippen LogP contribution in [0.25, 0.3) is 28.2 Å². The number of aryl methyl sites for hydroxylation is 1. The molecule has 3 rings (SSSR count). The Hall–Kier alpha value is -2.39. The Kier molecular flexibility index (Phi) is 4.81. The normalized spacial score (nSPS) is 13.0. The van der Waals surface area contributed by atoms with E-state index in [1.165, 1.54) is 22.2 Å². The molecule has 2 aromatic heterocycles. The third-order valence-corrected chi connectivity index (χ3v) is 4.45. The largest absolute Gasteiger partial charge is 0.375 e. The minimum Gasteiger partial charge on any atom is -0.375 e. The molecule has 0 bridgehead atoms. The first-order chi connectivity index (χ1) is 11.7. The van der Waals surface area contributed by atoms with Crippen LogP contribution in [0.2, 0.25) is 0 Å². The molecule has 2 heterocycles. The molecule has 0 saturated heterocycles. The smallest absolute Gasteiger partial charge is 0.0969 e. The zero-order chi connectivity index (χ0) is 17.1. The van der Waals surface area contributed by atoms with Gasteiger partial charge in [0.25, 0.3) is 0 Å². The van der Waals surface area contributed by atoms with Crippen molar-refractivity contribution in [2.24, 2.45) is 0 Å². The molecular formula is C21H24N2O. The van der Waals surface area contributed by atoms with Gasteiger partial charge < -0.3 is 9.30 Å². The van der Waals surface area contributed by atoms with E-state index in [4.69, 9.17) is 4.74 Å².